The molecule has 7 rings (SSSR count). The fraction of sp³-hybridized carbons (Fsp3) is 0.209. The molecule has 0 saturated heterocycles. The second-order valence-corrected chi connectivity index (χ2v) is 17.0. The van der Waals surface area contributed by atoms with Gasteiger partial charge in [0.05, 0.1) is 27.8 Å². The van der Waals surface area contributed by atoms with Crippen molar-refractivity contribution in [1.82, 2.24) is 42.7 Å². The average Bonchev–Trinajstić information content (AvgIpc) is 4.16. The van der Waals surface area contributed by atoms with Crippen LogP contribution in [0.1, 0.15) is 85.7 Å². The second-order valence-electron chi connectivity index (χ2n) is 15.7. The smallest absolute Gasteiger partial charge is 0.291 e. The molecule has 0 aliphatic heterocycles. The SMILES string of the molecule is Cn1cc(NC(=O)c2nc(NC(=O)c3cc(NC(=O)CCCNC(=O)c4nc(NC(=O)c5cc(NC(=O)c6cc(NC(=O)c7sccc7Cl)cn6C)cn5C)cn4C)cn3C)cn2C)cc1C(N)=O. The van der Waals surface area contributed by atoms with Gasteiger partial charge in [0.15, 0.2) is 11.6 Å². The maximum Gasteiger partial charge on any atom is 0.291 e. The van der Waals surface area contributed by atoms with Crippen LogP contribution in [-0.4, -0.2) is 91.2 Å². The van der Waals surface area contributed by atoms with Gasteiger partial charge in [0.2, 0.25) is 17.6 Å². The summed E-state index contributed by atoms with van der Waals surface area (Å²) >= 11 is 7.26. The highest BCUT2D eigenvalue weighted by Crippen LogP contribution is 2.25. The van der Waals surface area contributed by atoms with Gasteiger partial charge in [0.25, 0.3) is 41.4 Å². The molecule has 0 aromatic carbocycles. The Morgan fingerprint density at radius 1 is 0.536 bits per heavy atom. The maximum atomic E-state index is 13.3. The molecule has 8 amide bonds. The number of imidazole rings is 2. The van der Waals surface area contributed by atoms with Crippen molar-refractivity contribution in [2.45, 2.75) is 12.8 Å². The van der Waals surface area contributed by atoms with Crippen LogP contribution in [0.3, 0.4) is 0 Å². The van der Waals surface area contributed by atoms with E-state index in [9.17, 15) is 38.4 Å². The van der Waals surface area contributed by atoms with Crippen LogP contribution in [0.2, 0.25) is 5.02 Å². The zero-order valence-corrected chi connectivity index (χ0v) is 39.3. The van der Waals surface area contributed by atoms with Crippen molar-refractivity contribution in [1.29, 1.82) is 0 Å². The summed E-state index contributed by atoms with van der Waals surface area (Å²) in [6, 6.07) is 7.50. The molecular weight excluding hydrogens is 936 g/mol. The number of nitrogens with one attached hydrogen (secondary N) is 7. The molecular formula is C43H45ClN16O8S. The number of carbonyl (C=O) groups is 8. The van der Waals surface area contributed by atoms with Crippen LogP contribution < -0.4 is 43.0 Å². The minimum absolute atomic E-state index is 0.00108. The first-order valence-corrected chi connectivity index (χ1v) is 21.9. The van der Waals surface area contributed by atoms with E-state index in [-0.39, 0.29) is 71.4 Å². The number of primary amides is 1. The Balaban J connectivity index is 0.847. The predicted octanol–water partition coefficient (Wildman–Crippen LogP) is 3.73. The van der Waals surface area contributed by atoms with Crippen LogP contribution >= 0.6 is 22.9 Å². The van der Waals surface area contributed by atoms with Gasteiger partial charge in [-0.1, -0.05) is 11.6 Å². The number of aromatic nitrogens is 8. The Morgan fingerprint density at radius 2 is 0.957 bits per heavy atom. The Labute approximate surface area is 400 Å². The topological polar surface area (TPSA) is 302 Å². The molecule has 0 bridgehead atoms. The fourth-order valence-corrected chi connectivity index (χ4v) is 8.10. The lowest BCUT2D eigenvalue weighted by atomic mass is 10.3. The van der Waals surface area contributed by atoms with Gasteiger partial charge in [-0.15, -0.1) is 11.3 Å². The molecule has 69 heavy (non-hydrogen) atoms. The highest BCUT2D eigenvalue weighted by Gasteiger charge is 2.23. The molecule has 24 nitrogen and oxygen atoms in total. The van der Waals surface area contributed by atoms with E-state index in [2.05, 4.69) is 47.2 Å². The van der Waals surface area contributed by atoms with Gasteiger partial charge in [0.1, 0.15) is 27.7 Å². The summed E-state index contributed by atoms with van der Waals surface area (Å²) in [5.41, 5.74) is 7.54. The van der Waals surface area contributed by atoms with Gasteiger partial charge in [-0.25, -0.2) is 9.97 Å². The number of amides is 8. The van der Waals surface area contributed by atoms with Crippen LogP contribution in [0.15, 0.2) is 72.9 Å². The van der Waals surface area contributed by atoms with Gasteiger partial charge in [-0.2, -0.15) is 0 Å². The number of anilines is 6. The lowest BCUT2D eigenvalue weighted by Crippen LogP contribution is -2.27. The van der Waals surface area contributed by atoms with E-state index in [1.54, 1.807) is 76.9 Å². The van der Waals surface area contributed by atoms with Crippen molar-refractivity contribution in [3.63, 3.8) is 0 Å². The molecule has 0 aliphatic carbocycles. The van der Waals surface area contributed by atoms with Gasteiger partial charge in [0, 0.05) is 92.4 Å². The molecule has 0 spiro atoms. The van der Waals surface area contributed by atoms with Crippen LogP contribution in [0.4, 0.5) is 34.4 Å². The third-order valence-electron chi connectivity index (χ3n) is 10.4. The Hall–Kier alpha value is -8.71. The number of hydrogen-bond donors (Lipinski definition) is 8. The van der Waals surface area contributed by atoms with E-state index >= 15 is 0 Å². The molecule has 9 N–H and O–H groups in total. The van der Waals surface area contributed by atoms with Crippen molar-refractivity contribution >= 4 is 105 Å². The van der Waals surface area contributed by atoms with Gasteiger partial charge < -0.3 is 70.4 Å². The second kappa shape index (κ2) is 20.0. The number of thiophene rings is 1. The summed E-state index contributed by atoms with van der Waals surface area (Å²) in [6.07, 6.45) is 9.41. The first-order valence-electron chi connectivity index (χ1n) is 20.6. The first kappa shape index (κ1) is 48.2. The van der Waals surface area contributed by atoms with Crippen LogP contribution in [0.25, 0.3) is 0 Å². The van der Waals surface area contributed by atoms with Gasteiger partial charge >= 0.3 is 0 Å². The fourth-order valence-electron chi connectivity index (χ4n) is 7.07. The van der Waals surface area contributed by atoms with Crippen molar-refractivity contribution in [2.75, 3.05) is 38.4 Å². The van der Waals surface area contributed by atoms with E-state index in [4.69, 9.17) is 17.3 Å². The minimum atomic E-state index is -0.657. The van der Waals surface area contributed by atoms with Crippen LogP contribution in [-0.2, 0) is 47.1 Å². The predicted molar refractivity (Wildman–Crippen MR) is 256 cm³/mol. The van der Waals surface area contributed by atoms with E-state index in [0.29, 0.717) is 32.6 Å². The summed E-state index contributed by atoms with van der Waals surface area (Å²) in [7, 11) is 9.64. The highest BCUT2D eigenvalue weighted by molar-refractivity contribution is 7.12. The standard InChI is InChI=1S/C43H45ClN16O8S/c1-55-17-23(12-27(55)35(45)62)50-43(68)37-52-32(21-60(37)6)54-39(64)29-13-22(16-56(29)2)47-33(61)8-7-10-46-42(67)36-51-31(20-59(36)5)53-40(65)30-14-24(18-58(30)4)48-38(63)28-15-25(19-57(28)3)49-41(66)34-26(44)9-11-69-34/h9,11-21H,7-8,10H2,1-6H3,(H2,45,62)(H,46,67)(H,47,61)(H,48,63)(H,49,66)(H,50,68)(H,53,65)(H,54,64). The molecule has 26 heteroatoms. The lowest BCUT2D eigenvalue weighted by Gasteiger charge is -2.05. The summed E-state index contributed by atoms with van der Waals surface area (Å²) in [6.45, 7) is 0.119. The summed E-state index contributed by atoms with van der Waals surface area (Å²) < 4.78 is 8.89. The summed E-state index contributed by atoms with van der Waals surface area (Å²) in [5, 5.41) is 20.9. The normalized spacial score (nSPS) is 10.9. The number of halogens is 1. The number of carbonyl (C=O) groups excluding carboxylic acids is 8. The van der Waals surface area contributed by atoms with Crippen molar-refractivity contribution in [2.24, 2.45) is 48.0 Å². The van der Waals surface area contributed by atoms with E-state index in [0.717, 1.165) is 0 Å². The Kier molecular flexibility index (Phi) is 14.0. The van der Waals surface area contributed by atoms with Crippen LogP contribution in [0.5, 0.6) is 0 Å². The number of nitrogens with zero attached hydrogens (tertiary/aromatic N) is 8. The zero-order chi connectivity index (χ0) is 49.8. The molecule has 0 fully saturated rings. The zero-order valence-electron chi connectivity index (χ0n) is 37.8. The molecule has 0 aliphatic rings. The van der Waals surface area contributed by atoms with Gasteiger partial charge in [-0.3, -0.25) is 38.4 Å². The van der Waals surface area contributed by atoms with E-state index < -0.39 is 41.4 Å². The monoisotopic (exact) mass is 980 g/mol. The number of aryl methyl sites for hydroxylation is 6. The summed E-state index contributed by atoms with van der Waals surface area (Å²) in [5.74, 6) is -4.01. The highest BCUT2D eigenvalue weighted by atomic mass is 35.5. The Bertz CT molecular complexity index is 3200. The Morgan fingerprint density at radius 3 is 1.42 bits per heavy atom. The maximum absolute atomic E-state index is 13.3. The third-order valence-corrected chi connectivity index (χ3v) is 11.7. The van der Waals surface area contributed by atoms with E-state index in [1.807, 2.05) is 0 Å². The molecule has 358 valence electrons. The molecule has 7 heterocycles. The first-order chi connectivity index (χ1) is 32.7. The minimum Gasteiger partial charge on any atom is -0.364 e. The largest absolute Gasteiger partial charge is 0.364 e. The molecule has 7 aromatic heterocycles. The van der Waals surface area contributed by atoms with Crippen LogP contribution in [0, 0.1) is 0 Å². The van der Waals surface area contributed by atoms with Crippen molar-refractivity contribution < 1.29 is 38.4 Å². The third kappa shape index (κ3) is 11.1. The summed E-state index contributed by atoms with van der Waals surface area (Å²) in [4.78, 5) is 111. The lowest BCUT2D eigenvalue weighted by molar-refractivity contribution is -0.116. The average molecular weight is 981 g/mol. The number of nitrogens with two attached hydrogens (primary N) is 1. The molecule has 0 saturated carbocycles. The molecule has 7 aromatic rings. The molecule has 0 radical (unpaired) electrons. The van der Waals surface area contributed by atoms with Crippen molar-refractivity contribution in [3.05, 3.63) is 117 Å². The van der Waals surface area contributed by atoms with Crippen molar-refractivity contribution in [3.8, 4) is 0 Å². The number of hydrogen-bond acceptors (Lipinski definition) is 11. The number of rotatable bonds is 17. The molecule has 0 unspecified atom stereocenters. The van der Waals surface area contributed by atoms with E-state index in [1.165, 1.54) is 77.0 Å². The quantitative estimate of drug-likeness (QED) is 0.0612. The molecule has 0 atom stereocenters. The van der Waals surface area contributed by atoms with Gasteiger partial charge in [-0.05, 0) is 42.1 Å².